The number of aliphatic hydroxyl groups is 2. The van der Waals surface area contributed by atoms with Crippen LogP contribution in [-0.2, 0) is 20.9 Å². The highest BCUT2D eigenvalue weighted by Crippen LogP contribution is 2.38. The van der Waals surface area contributed by atoms with Crippen LogP contribution in [0.3, 0.4) is 0 Å². The molecule has 11 nitrogen and oxygen atoms in total. The number of aromatic nitrogens is 2. The second kappa shape index (κ2) is 6.05. The van der Waals surface area contributed by atoms with Gasteiger partial charge in [0.1, 0.15) is 24.4 Å². The maximum Gasteiger partial charge on any atom is 0.469 e. The molecule has 1 aromatic heterocycles. The fourth-order valence-electron chi connectivity index (χ4n) is 2.10. The van der Waals surface area contributed by atoms with Gasteiger partial charge in [-0.3, -0.25) is 13.9 Å². The van der Waals surface area contributed by atoms with Gasteiger partial charge in [-0.15, -0.1) is 0 Å². The minimum absolute atomic E-state index is 0.104. The van der Waals surface area contributed by atoms with E-state index in [1.54, 1.807) is 0 Å². The quantitative estimate of drug-likeness (QED) is 0.367. The van der Waals surface area contributed by atoms with Gasteiger partial charge in [0.25, 0.3) is 5.56 Å². The average Bonchev–Trinajstić information content (AvgIpc) is 2.70. The summed E-state index contributed by atoms with van der Waals surface area (Å²) in [7, 11) is -3.55. The molecule has 4 atom stereocenters. The number of H-pyrrole nitrogens is 1. The maximum absolute atomic E-state index is 12.0. The first-order valence-corrected chi connectivity index (χ1v) is 7.65. The zero-order valence-electron chi connectivity index (χ0n) is 11.3. The van der Waals surface area contributed by atoms with Gasteiger partial charge in [0.15, 0.2) is 0 Å². The number of aromatic amines is 1. The number of nitrogens with one attached hydrogen (secondary N) is 1. The van der Waals surface area contributed by atoms with Gasteiger partial charge >= 0.3 is 13.5 Å². The molecule has 2 unspecified atom stereocenters. The molecule has 124 valence electrons. The summed E-state index contributed by atoms with van der Waals surface area (Å²) < 4.78 is 20.9. The smallest absolute Gasteiger partial charge is 0.387 e. The lowest BCUT2D eigenvalue weighted by Crippen LogP contribution is -2.37. The number of phosphoric acid groups is 1. The first kappa shape index (κ1) is 17.0. The van der Waals surface area contributed by atoms with Gasteiger partial charge < -0.3 is 29.7 Å². The third-order valence-corrected chi connectivity index (χ3v) is 3.77. The summed E-state index contributed by atoms with van der Waals surface area (Å²) in [4.78, 5) is 42.8. The van der Waals surface area contributed by atoms with E-state index in [0.717, 1.165) is 10.8 Å². The Kier molecular flexibility index (Phi) is 4.68. The normalized spacial score (nSPS) is 29.0. The van der Waals surface area contributed by atoms with Crippen LogP contribution in [0.4, 0.5) is 0 Å². The third kappa shape index (κ3) is 3.36. The second-order valence-corrected chi connectivity index (χ2v) is 6.02. The predicted molar refractivity (Wildman–Crippen MR) is 69.9 cm³/mol. The topological polar surface area (TPSA) is 171 Å². The minimum Gasteiger partial charge on any atom is -0.387 e. The fraction of sp³-hybridized carbons (Fsp3) is 0.600. The Hall–Kier alpha value is -1.33. The Balaban J connectivity index is 2.24. The highest BCUT2D eigenvalue weighted by molar-refractivity contribution is 7.46. The van der Waals surface area contributed by atoms with Gasteiger partial charge in [-0.2, -0.15) is 0 Å². The first-order chi connectivity index (χ1) is 10.1. The van der Waals surface area contributed by atoms with Gasteiger partial charge in [-0.05, 0) is 0 Å². The van der Waals surface area contributed by atoms with Crippen molar-refractivity contribution in [3.05, 3.63) is 32.6 Å². The molecule has 1 aliphatic rings. The molecule has 12 heteroatoms. The Bertz CT molecular complexity index is 707. The summed E-state index contributed by atoms with van der Waals surface area (Å²) in [5.74, 6) is 0. The van der Waals surface area contributed by atoms with Crippen molar-refractivity contribution in [3.8, 4) is 0 Å². The van der Waals surface area contributed by atoms with Gasteiger partial charge in [-0.25, -0.2) is 9.36 Å². The Morgan fingerprint density at radius 1 is 1.36 bits per heavy atom. The summed E-state index contributed by atoms with van der Waals surface area (Å²) in [5, 5.41) is 19.7. The van der Waals surface area contributed by atoms with Gasteiger partial charge in [0, 0.05) is 13.2 Å². The molecule has 5 N–H and O–H groups in total. The Labute approximate surface area is 123 Å². The van der Waals surface area contributed by atoms with Crippen LogP contribution in [0.5, 0.6) is 0 Å². The van der Waals surface area contributed by atoms with Crippen LogP contribution in [0.25, 0.3) is 0 Å². The van der Waals surface area contributed by atoms with Crippen LogP contribution in [-0.4, -0.2) is 54.5 Å². The van der Waals surface area contributed by atoms with Gasteiger partial charge in [-0.1, -0.05) is 0 Å². The molecule has 0 amide bonds. The lowest BCUT2D eigenvalue weighted by Gasteiger charge is -2.14. The van der Waals surface area contributed by atoms with E-state index in [4.69, 9.17) is 14.5 Å². The van der Waals surface area contributed by atoms with Crippen molar-refractivity contribution in [1.82, 2.24) is 9.55 Å². The molecule has 1 saturated heterocycles. The van der Waals surface area contributed by atoms with Crippen LogP contribution in [0.15, 0.2) is 15.8 Å². The number of ether oxygens (including phenoxy) is 1. The Morgan fingerprint density at radius 3 is 2.59 bits per heavy atom. The Morgan fingerprint density at radius 2 is 2.00 bits per heavy atom. The average molecular weight is 338 g/mol. The zero-order chi connectivity index (χ0) is 16.7. The molecule has 22 heavy (non-hydrogen) atoms. The number of hydrogen-bond acceptors (Lipinski definition) is 7. The van der Waals surface area contributed by atoms with Gasteiger partial charge in [0.2, 0.25) is 0 Å². The van der Waals surface area contributed by atoms with Gasteiger partial charge in [0.05, 0.1) is 12.2 Å². The van der Waals surface area contributed by atoms with E-state index in [2.05, 4.69) is 9.51 Å². The monoisotopic (exact) mass is 338 g/mol. The largest absolute Gasteiger partial charge is 0.469 e. The number of phosphoric ester groups is 1. The molecule has 1 fully saturated rings. The van der Waals surface area contributed by atoms with Crippen LogP contribution in [0, 0.1) is 0 Å². The molecule has 0 aliphatic carbocycles. The van der Waals surface area contributed by atoms with Crippen molar-refractivity contribution in [2.24, 2.45) is 7.05 Å². The summed E-state index contributed by atoms with van der Waals surface area (Å²) in [5.41, 5.74) is -1.49. The highest BCUT2D eigenvalue weighted by Gasteiger charge is 2.45. The molecule has 2 heterocycles. The molecule has 0 bridgehead atoms. The SMILES string of the molecule is Cn1c(=O)[nH]cc(C2O[C@H](COP(=O)(O)O)[C@@H](O)C2O)c1=O. The summed E-state index contributed by atoms with van der Waals surface area (Å²) in [6.07, 6.45) is -4.50. The van der Waals surface area contributed by atoms with Crippen molar-refractivity contribution in [2.45, 2.75) is 24.4 Å². The molecule has 1 aliphatic heterocycles. The first-order valence-electron chi connectivity index (χ1n) is 6.12. The molecule has 0 saturated carbocycles. The van der Waals surface area contributed by atoms with Crippen LogP contribution >= 0.6 is 7.82 Å². The van der Waals surface area contributed by atoms with Crippen LogP contribution in [0.1, 0.15) is 11.7 Å². The lowest BCUT2D eigenvalue weighted by molar-refractivity contribution is -0.0229. The number of aliphatic hydroxyl groups excluding tert-OH is 2. The van der Waals surface area contributed by atoms with E-state index in [9.17, 15) is 24.4 Å². The predicted octanol–water partition coefficient (Wildman–Crippen LogP) is -2.66. The maximum atomic E-state index is 12.0. The summed E-state index contributed by atoms with van der Waals surface area (Å²) in [6.45, 7) is -0.678. The van der Waals surface area contributed by atoms with Crippen molar-refractivity contribution in [2.75, 3.05) is 6.61 Å². The van der Waals surface area contributed by atoms with Crippen molar-refractivity contribution < 1.29 is 33.8 Å². The molecular formula is C10H15N2O9P. The summed E-state index contributed by atoms with van der Waals surface area (Å²) in [6, 6.07) is 0. The lowest BCUT2D eigenvalue weighted by atomic mass is 10.0. The van der Waals surface area contributed by atoms with E-state index < -0.39 is 50.1 Å². The van der Waals surface area contributed by atoms with E-state index in [1.165, 1.54) is 7.05 Å². The summed E-state index contributed by atoms with van der Waals surface area (Å²) >= 11 is 0. The number of hydrogen-bond donors (Lipinski definition) is 5. The number of nitrogens with zero attached hydrogens (tertiary/aromatic N) is 1. The third-order valence-electron chi connectivity index (χ3n) is 3.28. The zero-order valence-corrected chi connectivity index (χ0v) is 12.2. The fourth-order valence-corrected chi connectivity index (χ4v) is 2.44. The molecule has 0 spiro atoms. The van der Waals surface area contributed by atoms with Crippen molar-refractivity contribution in [1.29, 1.82) is 0 Å². The van der Waals surface area contributed by atoms with E-state index in [-0.39, 0.29) is 5.56 Å². The van der Waals surface area contributed by atoms with Crippen molar-refractivity contribution in [3.63, 3.8) is 0 Å². The highest BCUT2D eigenvalue weighted by atomic mass is 31.2. The minimum atomic E-state index is -4.77. The van der Waals surface area contributed by atoms with Crippen LogP contribution in [0.2, 0.25) is 0 Å². The molecular weight excluding hydrogens is 323 g/mol. The number of rotatable bonds is 4. The van der Waals surface area contributed by atoms with Crippen molar-refractivity contribution >= 4 is 7.82 Å². The second-order valence-electron chi connectivity index (χ2n) is 4.78. The molecule has 0 aromatic carbocycles. The van der Waals surface area contributed by atoms with E-state index in [0.29, 0.717) is 0 Å². The standard InChI is InChI=1S/C10H15N2O9P/c1-12-9(15)4(2-11-10(12)16)8-7(14)6(13)5(21-8)3-20-22(17,18)19/h2,5-8,13-14H,3H2,1H3,(H,11,16)(H2,17,18,19)/t5-,6-,7?,8?/m1/s1. The van der Waals surface area contributed by atoms with E-state index >= 15 is 0 Å². The molecule has 1 aromatic rings. The van der Waals surface area contributed by atoms with Crippen LogP contribution < -0.4 is 11.2 Å². The molecule has 0 radical (unpaired) electrons. The molecule has 2 rings (SSSR count). The van der Waals surface area contributed by atoms with E-state index in [1.807, 2.05) is 0 Å².